The zero-order chi connectivity index (χ0) is 10.7. The fourth-order valence-corrected chi connectivity index (χ4v) is 1.74. The summed E-state index contributed by atoms with van der Waals surface area (Å²) >= 11 is 11.7. The topological polar surface area (TPSA) is 82.0 Å². The highest BCUT2D eigenvalue weighted by atomic mass is 35.5. The van der Waals surface area contributed by atoms with E-state index in [2.05, 4.69) is 4.98 Å². The maximum Gasteiger partial charge on any atom is 0.219 e. The molecule has 4 N–H and O–H groups in total. The molecule has 0 aliphatic heterocycles. The predicted molar refractivity (Wildman–Crippen MR) is 55.0 cm³/mol. The van der Waals surface area contributed by atoms with Gasteiger partial charge in [-0.15, -0.1) is 0 Å². The Labute approximate surface area is 91.2 Å². The number of hydrogen-bond donors (Lipinski definition) is 2. The standard InChI is InChI=1S/C8H9Cl2N3O/c9-4-2-13-3-5(10)8(4)6(11)1-7(12)14/h2-3,6H,1,11H2,(H2,12,14). The molecular formula is C8H9Cl2N3O. The lowest BCUT2D eigenvalue weighted by molar-refractivity contribution is -0.118. The highest BCUT2D eigenvalue weighted by Crippen LogP contribution is 2.29. The number of nitrogens with zero attached hydrogens (tertiary/aromatic N) is 1. The van der Waals surface area contributed by atoms with E-state index in [1.54, 1.807) is 0 Å². The Morgan fingerprint density at radius 3 is 2.36 bits per heavy atom. The first-order valence-electron chi connectivity index (χ1n) is 3.85. The normalized spacial score (nSPS) is 12.5. The van der Waals surface area contributed by atoms with Gasteiger partial charge >= 0.3 is 0 Å². The second-order valence-electron chi connectivity index (χ2n) is 2.79. The van der Waals surface area contributed by atoms with Gasteiger partial charge in [-0.25, -0.2) is 0 Å². The molecule has 0 aromatic carbocycles. The fraction of sp³-hybridized carbons (Fsp3) is 0.250. The summed E-state index contributed by atoms with van der Waals surface area (Å²) in [6, 6.07) is -0.588. The van der Waals surface area contributed by atoms with Gasteiger partial charge in [0.25, 0.3) is 0 Å². The number of primary amides is 1. The Hall–Kier alpha value is -0.840. The first kappa shape index (κ1) is 11.2. The third kappa shape index (κ3) is 2.57. The van der Waals surface area contributed by atoms with Crippen molar-refractivity contribution in [2.24, 2.45) is 11.5 Å². The molecule has 0 saturated heterocycles. The molecule has 6 heteroatoms. The smallest absolute Gasteiger partial charge is 0.219 e. The maximum absolute atomic E-state index is 10.6. The summed E-state index contributed by atoms with van der Waals surface area (Å²) in [6.07, 6.45) is 2.84. The molecule has 14 heavy (non-hydrogen) atoms. The molecule has 0 bridgehead atoms. The lowest BCUT2D eigenvalue weighted by Crippen LogP contribution is -2.21. The fourth-order valence-electron chi connectivity index (χ4n) is 1.09. The summed E-state index contributed by atoms with van der Waals surface area (Å²) in [7, 11) is 0. The molecule has 1 aromatic heterocycles. The van der Waals surface area contributed by atoms with Crippen molar-refractivity contribution in [3.05, 3.63) is 28.0 Å². The predicted octanol–water partition coefficient (Wildman–Crippen LogP) is 1.26. The van der Waals surface area contributed by atoms with Crippen LogP contribution in [0.2, 0.25) is 10.0 Å². The van der Waals surface area contributed by atoms with Crippen molar-refractivity contribution in [1.82, 2.24) is 4.98 Å². The maximum atomic E-state index is 10.6. The van der Waals surface area contributed by atoms with Crippen LogP contribution in [0.3, 0.4) is 0 Å². The second kappa shape index (κ2) is 4.59. The van der Waals surface area contributed by atoms with Crippen LogP contribution in [-0.4, -0.2) is 10.9 Å². The van der Waals surface area contributed by atoms with Crippen LogP contribution in [-0.2, 0) is 4.79 Å². The van der Waals surface area contributed by atoms with Gasteiger partial charge in [0.15, 0.2) is 0 Å². The van der Waals surface area contributed by atoms with E-state index in [1.165, 1.54) is 12.4 Å². The minimum Gasteiger partial charge on any atom is -0.370 e. The number of carbonyl (C=O) groups is 1. The molecule has 1 heterocycles. The summed E-state index contributed by atoms with van der Waals surface area (Å²) in [6.45, 7) is 0. The number of nitrogens with two attached hydrogens (primary N) is 2. The number of halogens is 2. The van der Waals surface area contributed by atoms with E-state index in [-0.39, 0.29) is 6.42 Å². The average molecular weight is 234 g/mol. The van der Waals surface area contributed by atoms with Crippen LogP contribution in [0.15, 0.2) is 12.4 Å². The number of carbonyl (C=O) groups excluding carboxylic acids is 1. The van der Waals surface area contributed by atoms with Gasteiger partial charge in [0.1, 0.15) is 0 Å². The van der Waals surface area contributed by atoms with Gasteiger partial charge in [0, 0.05) is 30.4 Å². The highest BCUT2D eigenvalue weighted by molar-refractivity contribution is 6.35. The average Bonchev–Trinajstić information content (AvgIpc) is 2.01. The van der Waals surface area contributed by atoms with E-state index >= 15 is 0 Å². The van der Waals surface area contributed by atoms with Crippen LogP contribution in [0.1, 0.15) is 18.0 Å². The van der Waals surface area contributed by atoms with E-state index in [0.717, 1.165) is 0 Å². The summed E-state index contributed by atoms with van der Waals surface area (Å²) in [5, 5.41) is 0.678. The molecule has 1 unspecified atom stereocenters. The molecule has 0 spiro atoms. The second-order valence-corrected chi connectivity index (χ2v) is 3.61. The lowest BCUT2D eigenvalue weighted by atomic mass is 10.1. The molecule has 4 nitrogen and oxygen atoms in total. The van der Waals surface area contributed by atoms with E-state index in [1.807, 2.05) is 0 Å². The minimum absolute atomic E-state index is 0.00343. The van der Waals surface area contributed by atoms with Gasteiger partial charge < -0.3 is 11.5 Å². The molecule has 0 saturated carbocycles. The Balaban J connectivity index is 2.99. The molecular weight excluding hydrogens is 225 g/mol. The summed E-state index contributed by atoms with van der Waals surface area (Å²) in [5.74, 6) is -0.499. The van der Waals surface area contributed by atoms with Gasteiger partial charge in [-0.05, 0) is 0 Å². The Kier molecular flexibility index (Phi) is 3.69. The third-order valence-electron chi connectivity index (χ3n) is 1.68. The zero-order valence-corrected chi connectivity index (χ0v) is 8.72. The number of aromatic nitrogens is 1. The van der Waals surface area contributed by atoms with Crippen molar-refractivity contribution in [2.45, 2.75) is 12.5 Å². The van der Waals surface area contributed by atoms with Gasteiger partial charge in [-0.1, -0.05) is 23.2 Å². The van der Waals surface area contributed by atoms with Crippen molar-refractivity contribution in [1.29, 1.82) is 0 Å². The van der Waals surface area contributed by atoms with E-state index in [9.17, 15) is 4.79 Å². The van der Waals surface area contributed by atoms with Crippen molar-refractivity contribution in [3.63, 3.8) is 0 Å². The summed E-state index contributed by atoms with van der Waals surface area (Å²) < 4.78 is 0. The number of amides is 1. The van der Waals surface area contributed by atoms with Gasteiger partial charge in [0.2, 0.25) is 5.91 Å². The Morgan fingerprint density at radius 1 is 1.43 bits per heavy atom. The number of pyridine rings is 1. The van der Waals surface area contributed by atoms with Crippen molar-refractivity contribution in [2.75, 3.05) is 0 Å². The molecule has 0 fully saturated rings. The van der Waals surface area contributed by atoms with Gasteiger partial charge in [0.05, 0.1) is 10.0 Å². The van der Waals surface area contributed by atoms with Crippen LogP contribution >= 0.6 is 23.2 Å². The quantitative estimate of drug-likeness (QED) is 0.825. The van der Waals surface area contributed by atoms with Crippen LogP contribution < -0.4 is 11.5 Å². The highest BCUT2D eigenvalue weighted by Gasteiger charge is 2.16. The molecule has 1 rings (SSSR count). The first-order chi connectivity index (χ1) is 6.52. The molecule has 1 aromatic rings. The summed E-state index contributed by atoms with van der Waals surface area (Å²) in [4.78, 5) is 14.4. The van der Waals surface area contributed by atoms with Crippen LogP contribution in [0.25, 0.3) is 0 Å². The van der Waals surface area contributed by atoms with Gasteiger partial charge in [-0.3, -0.25) is 9.78 Å². The molecule has 76 valence electrons. The SMILES string of the molecule is NC(=O)CC(N)c1c(Cl)cncc1Cl. The molecule has 1 atom stereocenters. The Bertz CT molecular complexity index is 336. The molecule has 0 aliphatic rings. The molecule has 1 amide bonds. The minimum atomic E-state index is -0.588. The summed E-state index contributed by atoms with van der Waals surface area (Å²) in [5.41, 5.74) is 11.2. The van der Waals surface area contributed by atoms with Gasteiger partial charge in [-0.2, -0.15) is 0 Å². The van der Waals surface area contributed by atoms with Crippen molar-refractivity contribution >= 4 is 29.1 Å². The van der Waals surface area contributed by atoms with E-state index in [4.69, 9.17) is 34.7 Å². The van der Waals surface area contributed by atoms with E-state index in [0.29, 0.717) is 15.6 Å². The van der Waals surface area contributed by atoms with Crippen molar-refractivity contribution in [3.8, 4) is 0 Å². The first-order valence-corrected chi connectivity index (χ1v) is 4.60. The zero-order valence-electron chi connectivity index (χ0n) is 7.21. The van der Waals surface area contributed by atoms with E-state index < -0.39 is 11.9 Å². The molecule has 0 aliphatic carbocycles. The van der Waals surface area contributed by atoms with Crippen molar-refractivity contribution < 1.29 is 4.79 Å². The van der Waals surface area contributed by atoms with Crippen LogP contribution in [0, 0.1) is 0 Å². The van der Waals surface area contributed by atoms with Crippen LogP contribution in [0.4, 0.5) is 0 Å². The largest absolute Gasteiger partial charge is 0.370 e. The monoisotopic (exact) mass is 233 g/mol. The lowest BCUT2D eigenvalue weighted by Gasteiger charge is -2.12. The third-order valence-corrected chi connectivity index (χ3v) is 2.28. The molecule has 0 radical (unpaired) electrons. The Morgan fingerprint density at radius 2 is 1.93 bits per heavy atom. The van der Waals surface area contributed by atoms with Crippen LogP contribution in [0.5, 0.6) is 0 Å². The number of hydrogen-bond acceptors (Lipinski definition) is 3. The number of rotatable bonds is 3.